The topological polar surface area (TPSA) is 8.88 Å². The fourth-order valence-corrected chi connectivity index (χ4v) is 3.15. The number of halogens is 2. The van der Waals surface area contributed by atoms with Gasteiger partial charge in [-0.05, 0) is 12.1 Å². The highest BCUT2D eigenvalue weighted by molar-refractivity contribution is 5.18. The van der Waals surface area contributed by atoms with Crippen molar-refractivity contribution in [2.24, 2.45) is 0 Å². The molecule has 0 spiro atoms. The van der Waals surface area contributed by atoms with Crippen molar-refractivity contribution in [3.8, 4) is 0 Å². The zero-order valence-electron chi connectivity index (χ0n) is 12.6. The van der Waals surface area contributed by atoms with E-state index in [1.807, 2.05) is 6.07 Å². The van der Waals surface area contributed by atoms with Gasteiger partial charge in [-0.3, -0.25) is 0 Å². The maximum absolute atomic E-state index is 13.7. The van der Waals surface area contributed by atoms with E-state index in [0.29, 0.717) is 6.54 Å². The van der Waals surface area contributed by atoms with Gasteiger partial charge in [0.15, 0.2) is 0 Å². The molecular weight excluding hydrogens is 282 g/mol. The molecule has 1 aliphatic heterocycles. The van der Waals surface area contributed by atoms with Crippen molar-refractivity contribution in [2.45, 2.75) is 13.1 Å². The molecule has 0 aromatic heterocycles. The van der Waals surface area contributed by atoms with Crippen LogP contribution in [0.2, 0.25) is 0 Å². The van der Waals surface area contributed by atoms with E-state index in [-0.39, 0.29) is 5.56 Å². The number of hydrogen-bond donors (Lipinski definition) is 2. The van der Waals surface area contributed by atoms with Gasteiger partial charge in [-0.2, -0.15) is 0 Å². The van der Waals surface area contributed by atoms with Crippen LogP contribution in [0.15, 0.2) is 48.5 Å². The Labute approximate surface area is 130 Å². The highest BCUT2D eigenvalue weighted by Crippen LogP contribution is 2.10. The second-order valence-corrected chi connectivity index (χ2v) is 6.04. The summed E-state index contributed by atoms with van der Waals surface area (Å²) in [5, 5.41) is 0. The van der Waals surface area contributed by atoms with Crippen molar-refractivity contribution in [1.82, 2.24) is 0 Å². The molecule has 0 atom stereocenters. The molecule has 0 unspecified atom stereocenters. The van der Waals surface area contributed by atoms with Crippen molar-refractivity contribution in [1.29, 1.82) is 0 Å². The number of rotatable bonds is 4. The average molecular weight is 304 g/mol. The van der Waals surface area contributed by atoms with Crippen LogP contribution >= 0.6 is 0 Å². The zero-order valence-corrected chi connectivity index (χ0v) is 12.6. The second kappa shape index (κ2) is 6.99. The van der Waals surface area contributed by atoms with E-state index in [9.17, 15) is 8.78 Å². The van der Waals surface area contributed by atoms with Crippen LogP contribution in [0.4, 0.5) is 8.78 Å². The van der Waals surface area contributed by atoms with Crippen LogP contribution in [0, 0.1) is 11.6 Å². The van der Waals surface area contributed by atoms with Crippen LogP contribution < -0.4 is 9.80 Å². The van der Waals surface area contributed by atoms with E-state index in [0.717, 1.165) is 32.7 Å². The SMILES string of the molecule is Fc1cccc(F)c1C[NH+]1CC[NH+](Cc2ccccc2)CC1. The van der Waals surface area contributed by atoms with Gasteiger partial charge in [0.1, 0.15) is 50.9 Å². The quantitative estimate of drug-likeness (QED) is 0.812. The summed E-state index contributed by atoms with van der Waals surface area (Å²) in [6, 6.07) is 14.6. The maximum atomic E-state index is 13.7. The van der Waals surface area contributed by atoms with Crippen LogP contribution in [-0.2, 0) is 13.1 Å². The predicted octanol–water partition coefficient (Wildman–Crippen LogP) is 0.448. The number of quaternary nitrogens is 2. The lowest BCUT2D eigenvalue weighted by Crippen LogP contribution is -3.27. The molecule has 3 rings (SSSR count). The minimum atomic E-state index is -0.424. The van der Waals surface area contributed by atoms with E-state index in [1.165, 1.54) is 28.7 Å². The van der Waals surface area contributed by atoms with Gasteiger partial charge in [-0.25, -0.2) is 8.78 Å². The Hall–Kier alpha value is -1.78. The van der Waals surface area contributed by atoms with Gasteiger partial charge in [0.25, 0.3) is 0 Å². The third kappa shape index (κ3) is 3.70. The summed E-state index contributed by atoms with van der Waals surface area (Å²) in [5.41, 5.74) is 1.57. The maximum Gasteiger partial charge on any atom is 0.135 e. The molecule has 1 fully saturated rings. The van der Waals surface area contributed by atoms with E-state index >= 15 is 0 Å². The Morgan fingerprint density at radius 1 is 0.682 bits per heavy atom. The molecular formula is C18H22F2N2+2. The number of piperazine rings is 1. The summed E-state index contributed by atoms with van der Waals surface area (Å²) in [6.45, 7) is 5.46. The normalized spacial score (nSPS) is 21.7. The minimum absolute atomic E-state index is 0.226. The Balaban J connectivity index is 1.54. The van der Waals surface area contributed by atoms with Gasteiger partial charge in [-0.15, -0.1) is 0 Å². The van der Waals surface area contributed by atoms with Gasteiger partial charge in [-0.1, -0.05) is 36.4 Å². The van der Waals surface area contributed by atoms with Crippen molar-refractivity contribution in [3.63, 3.8) is 0 Å². The van der Waals surface area contributed by atoms with Gasteiger partial charge >= 0.3 is 0 Å². The molecule has 4 heteroatoms. The molecule has 0 aliphatic carbocycles. The lowest BCUT2D eigenvalue weighted by Gasteiger charge is -2.30. The molecule has 22 heavy (non-hydrogen) atoms. The third-order valence-electron chi connectivity index (χ3n) is 4.45. The number of benzene rings is 2. The van der Waals surface area contributed by atoms with Crippen molar-refractivity contribution < 1.29 is 18.6 Å². The largest absolute Gasteiger partial charge is 0.322 e. The van der Waals surface area contributed by atoms with E-state index in [2.05, 4.69) is 24.3 Å². The van der Waals surface area contributed by atoms with Crippen LogP contribution in [0.25, 0.3) is 0 Å². The minimum Gasteiger partial charge on any atom is -0.322 e. The standard InChI is InChI=1S/C18H20F2N2/c19-17-7-4-8-18(20)16(17)14-22-11-9-21(10-12-22)13-15-5-2-1-3-6-15/h1-8H,9-14H2/p+2. The van der Waals surface area contributed by atoms with Crippen molar-refractivity contribution >= 4 is 0 Å². The Morgan fingerprint density at radius 2 is 1.23 bits per heavy atom. The fraction of sp³-hybridized carbons (Fsp3) is 0.333. The van der Waals surface area contributed by atoms with Crippen LogP contribution in [0.5, 0.6) is 0 Å². The third-order valence-corrected chi connectivity index (χ3v) is 4.45. The molecule has 0 radical (unpaired) electrons. The Morgan fingerprint density at radius 3 is 1.82 bits per heavy atom. The first-order valence-electron chi connectivity index (χ1n) is 7.86. The molecule has 2 aromatic rings. The fourth-order valence-electron chi connectivity index (χ4n) is 3.15. The van der Waals surface area contributed by atoms with E-state index in [4.69, 9.17) is 0 Å². The van der Waals surface area contributed by atoms with Gasteiger partial charge in [0.2, 0.25) is 0 Å². The van der Waals surface area contributed by atoms with E-state index < -0.39 is 11.6 Å². The number of nitrogens with one attached hydrogen (secondary N) is 2. The molecule has 0 saturated carbocycles. The smallest absolute Gasteiger partial charge is 0.135 e. The van der Waals surface area contributed by atoms with Crippen LogP contribution in [0.1, 0.15) is 11.1 Å². The monoisotopic (exact) mass is 304 g/mol. The summed E-state index contributed by atoms with van der Waals surface area (Å²) in [5.74, 6) is -0.849. The summed E-state index contributed by atoms with van der Waals surface area (Å²) in [4.78, 5) is 2.81. The summed E-state index contributed by atoms with van der Waals surface area (Å²) in [6.07, 6.45) is 0. The lowest BCUT2D eigenvalue weighted by molar-refractivity contribution is -1.02. The highest BCUT2D eigenvalue weighted by Gasteiger charge is 2.25. The molecule has 2 N–H and O–H groups in total. The average Bonchev–Trinajstić information content (AvgIpc) is 2.54. The first-order chi connectivity index (χ1) is 10.7. The Bertz CT molecular complexity index is 587. The zero-order chi connectivity index (χ0) is 15.4. The highest BCUT2D eigenvalue weighted by atomic mass is 19.1. The second-order valence-electron chi connectivity index (χ2n) is 6.04. The molecule has 1 aliphatic rings. The molecule has 116 valence electrons. The molecule has 0 amide bonds. The summed E-state index contributed by atoms with van der Waals surface area (Å²) < 4.78 is 27.4. The predicted molar refractivity (Wildman–Crippen MR) is 81.6 cm³/mol. The van der Waals surface area contributed by atoms with Crippen molar-refractivity contribution in [2.75, 3.05) is 26.2 Å². The van der Waals surface area contributed by atoms with Gasteiger partial charge in [0, 0.05) is 5.56 Å². The van der Waals surface area contributed by atoms with Gasteiger partial charge in [0.05, 0.1) is 5.56 Å². The summed E-state index contributed by atoms with van der Waals surface area (Å²) in [7, 11) is 0. The first-order valence-corrected chi connectivity index (χ1v) is 7.86. The lowest BCUT2D eigenvalue weighted by atomic mass is 10.1. The number of hydrogen-bond acceptors (Lipinski definition) is 0. The first kappa shape index (κ1) is 15.1. The van der Waals surface area contributed by atoms with Crippen molar-refractivity contribution in [3.05, 3.63) is 71.3 Å². The molecule has 2 nitrogen and oxygen atoms in total. The Kier molecular flexibility index (Phi) is 4.80. The van der Waals surface area contributed by atoms with E-state index in [1.54, 1.807) is 4.90 Å². The van der Waals surface area contributed by atoms with Crippen LogP contribution in [-0.4, -0.2) is 26.2 Å². The molecule has 1 heterocycles. The van der Waals surface area contributed by atoms with Crippen LogP contribution in [0.3, 0.4) is 0 Å². The molecule has 2 aromatic carbocycles. The molecule has 1 saturated heterocycles. The molecule has 0 bridgehead atoms. The van der Waals surface area contributed by atoms with Gasteiger partial charge < -0.3 is 9.80 Å². The summed E-state index contributed by atoms with van der Waals surface area (Å²) >= 11 is 0.